The summed E-state index contributed by atoms with van der Waals surface area (Å²) in [6, 6.07) is 8.82. The van der Waals surface area contributed by atoms with E-state index in [0.29, 0.717) is 0 Å². The fraction of sp³-hybridized carbons (Fsp3) is 0.625. The zero-order valence-corrected chi connectivity index (χ0v) is 15.2. The van der Waals surface area contributed by atoms with Gasteiger partial charge >= 0.3 is 0 Å². The van der Waals surface area contributed by atoms with Crippen LogP contribution in [0.25, 0.3) is 0 Å². The maximum absolute atomic E-state index is 5.82. The van der Waals surface area contributed by atoms with Gasteiger partial charge in [-0.25, -0.2) is 0 Å². The molecule has 1 N–H and O–H groups in total. The molecule has 0 spiro atoms. The monoisotopic (exact) mass is 389 g/mol. The topological polar surface area (TPSA) is 27.7 Å². The van der Waals surface area contributed by atoms with Gasteiger partial charge in [0.2, 0.25) is 0 Å². The number of hydrogen-bond donors (Lipinski definition) is 1. The summed E-state index contributed by atoms with van der Waals surface area (Å²) in [5.74, 6) is 0.944. The van der Waals surface area contributed by atoms with E-state index in [9.17, 15) is 0 Å². The molecule has 2 aliphatic heterocycles. The average Bonchev–Trinajstić information content (AvgIpc) is 3.02. The molecule has 0 amide bonds. The van der Waals surface area contributed by atoms with Crippen LogP contribution >= 0.6 is 28.3 Å². The van der Waals surface area contributed by atoms with Crippen molar-refractivity contribution in [2.24, 2.45) is 0 Å². The van der Waals surface area contributed by atoms with Crippen LogP contribution in [-0.2, 0) is 0 Å². The highest BCUT2D eigenvalue weighted by Crippen LogP contribution is 2.18. The summed E-state index contributed by atoms with van der Waals surface area (Å²) < 4.78 is 6.89. The fourth-order valence-corrected chi connectivity index (χ4v) is 3.53. The van der Waals surface area contributed by atoms with Crippen molar-refractivity contribution in [3.05, 3.63) is 28.7 Å². The molecule has 2 fully saturated rings. The van der Waals surface area contributed by atoms with Crippen molar-refractivity contribution in [1.82, 2.24) is 15.1 Å². The SMILES string of the molecule is Brc1cccc(OCCN2CCN(C3CCNC3)CC2)c1.Cl. The van der Waals surface area contributed by atoms with Gasteiger partial charge in [0.05, 0.1) is 0 Å². The minimum atomic E-state index is 0. The Balaban J connectivity index is 0.00000176. The van der Waals surface area contributed by atoms with Crippen LogP contribution in [0.3, 0.4) is 0 Å². The van der Waals surface area contributed by atoms with Crippen LogP contribution in [0.1, 0.15) is 6.42 Å². The summed E-state index contributed by atoms with van der Waals surface area (Å²) in [4.78, 5) is 5.16. The lowest BCUT2D eigenvalue weighted by Crippen LogP contribution is -2.51. The molecule has 2 saturated heterocycles. The number of ether oxygens (including phenoxy) is 1. The predicted molar refractivity (Wildman–Crippen MR) is 96.2 cm³/mol. The Morgan fingerprint density at radius 1 is 1.23 bits per heavy atom. The van der Waals surface area contributed by atoms with Gasteiger partial charge in [0.25, 0.3) is 0 Å². The standard InChI is InChI=1S/C16H24BrN3O.ClH/c17-14-2-1-3-16(12-14)21-11-10-19-6-8-20(9-7-19)15-4-5-18-13-15;/h1-3,12,15,18H,4-11,13H2;1H. The zero-order valence-electron chi connectivity index (χ0n) is 12.8. The Morgan fingerprint density at radius 3 is 2.73 bits per heavy atom. The van der Waals surface area contributed by atoms with E-state index < -0.39 is 0 Å². The second-order valence-electron chi connectivity index (χ2n) is 5.83. The van der Waals surface area contributed by atoms with Crippen molar-refractivity contribution in [3.63, 3.8) is 0 Å². The van der Waals surface area contributed by atoms with Crippen LogP contribution in [0.5, 0.6) is 5.75 Å². The van der Waals surface area contributed by atoms with Gasteiger partial charge < -0.3 is 10.1 Å². The Labute approximate surface area is 147 Å². The summed E-state index contributed by atoms with van der Waals surface area (Å²) in [5.41, 5.74) is 0. The number of nitrogens with one attached hydrogen (secondary N) is 1. The smallest absolute Gasteiger partial charge is 0.120 e. The highest BCUT2D eigenvalue weighted by Gasteiger charge is 2.25. The molecule has 1 aromatic carbocycles. The van der Waals surface area contributed by atoms with Crippen LogP contribution in [0.15, 0.2) is 28.7 Å². The zero-order chi connectivity index (χ0) is 14.5. The summed E-state index contributed by atoms with van der Waals surface area (Å²) >= 11 is 3.47. The average molecular weight is 391 g/mol. The van der Waals surface area contributed by atoms with E-state index in [1.54, 1.807) is 0 Å². The van der Waals surface area contributed by atoms with Gasteiger partial charge in [-0.3, -0.25) is 9.80 Å². The first-order valence-corrected chi connectivity index (χ1v) is 8.66. The van der Waals surface area contributed by atoms with Crippen molar-refractivity contribution in [2.45, 2.75) is 12.5 Å². The van der Waals surface area contributed by atoms with Crippen LogP contribution in [0.4, 0.5) is 0 Å². The Hall–Kier alpha value is -0.330. The van der Waals surface area contributed by atoms with Crippen LogP contribution in [0, 0.1) is 0 Å². The molecule has 4 nitrogen and oxygen atoms in total. The van der Waals surface area contributed by atoms with E-state index in [-0.39, 0.29) is 12.4 Å². The maximum atomic E-state index is 5.82. The van der Waals surface area contributed by atoms with Crippen LogP contribution in [0.2, 0.25) is 0 Å². The van der Waals surface area contributed by atoms with Gasteiger partial charge in [-0.05, 0) is 31.2 Å². The second-order valence-corrected chi connectivity index (χ2v) is 6.75. The van der Waals surface area contributed by atoms with Crippen LogP contribution < -0.4 is 10.1 Å². The molecule has 124 valence electrons. The maximum Gasteiger partial charge on any atom is 0.120 e. The summed E-state index contributed by atoms with van der Waals surface area (Å²) in [6.45, 7) is 8.87. The first kappa shape index (κ1) is 18.0. The van der Waals surface area contributed by atoms with Crippen molar-refractivity contribution < 1.29 is 4.74 Å². The lowest BCUT2D eigenvalue weighted by Gasteiger charge is -2.37. The molecule has 1 aromatic rings. The molecular weight excluding hydrogens is 366 g/mol. The molecular formula is C16H25BrClN3O. The second kappa shape index (κ2) is 9.08. The van der Waals surface area contributed by atoms with Crippen molar-refractivity contribution in [2.75, 3.05) is 52.4 Å². The molecule has 0 radical (unpaired) electrons. The van der Waals surface area contributed by atoms with E-state index in [0.717, 1.165) is 29.4 Å². The Kier molecular flexibility index (Phi) is 7.44. The number of piperazine rings is 1. The van der Waals surface area contributed by atoms with Crippen LogP contribution in [-0.4, -0.2) is 68.3 Å². The van der Waals surface area contributed by atoms with Crippen molar-refractivity contribution in [3.8, 4) is 5.75 Å². The summed E-state index contributed by atoms with van der Waals surface area (Å²) in [6.07, 6.45) is 1.31. The molecule has 0 aliphatic carbocycles. The normalized spacial score (nSPS) is 23.2. The highest BCUT2D eigenvalue weighted by molar-refractivity contribution is 9.10. The molecule has 3 rings (SSSR count). The van der Waals surface area contributed by atoms with Gasteiger partial charge in [0, 0.05) is 49.8 Å². The molecule has 2 heterocycles. The van der Waals surface area contributed by atoms with Gasteiger partial charge in [-0.15, -0.1) is 12.4 Å². The predicted octanol–water partition coefficient (Wildman–Crippen LogP) is 2.23. The van der Waals surface area contributed by atoms with E-state index in [1.165, 1.54) is 45.7 Å². The number of benzene rings is 1. The van der Waals surface area contributed by atoms with Crippen molar-refractivity contribution >= 4 is 28.3 Å². The molecule has 22 heavy (non-hydrogen) atoms. The minimum Gasteiger partial charge on any atom is -0.492 e. The Morgan fingerprint density at radius 2 is 2.05 bits per heavy atom. The molecule has 0 aromatic heterocycles. The molecule has 1 unspecified atom stereocenters. The third-order valence-electron chi connectivity index (χ3n) is 4.43. The van der Waals surface area contributed by atoms with E-state index >= 15 is 0 Å². The number of halogens is 2. The van der Waals surface area contributed by atoms with Gasteiger partial charge in [0.15, 0.2) is 0 Å². The molecule has 1 atom stereocenters. The van der Waals surface area contributed by atoms with Gasteiger partial charge in [0.1, 0.15) is 12.4 Å². The van der Waals surface area contributed by atoms with Gasteiger partial charge in [-0.2, -0.15) is 0 Å². The third-order valence-corrected chi connectivity index (χ3v) is 4.92. The first-order valence-electron chi connectivity index (χ1n) is 7.87. The summed E-state index contributed by atoms with van der Waals surface area (Å²) in [5, 5.41) is 3.46. The van der Waals surface area contributed by atoms with E-state index in [2.05, 4.69) is 31.0 Å². The molecule has 6 heteroatoms. The lowest BCUT2D eigenvalue weighted by atomic mass is 10.2. The summed E-state index contributed by atoms with van der Waals surface area (Å²) in [7, 11) is 0. The highest BCUT2D eigenvalue weighted by atomic mass is 79.9. The number of rotatable bonds is 5. The Bertz CT molecular complexity index is 449. The number of nitrogens with zero attached hydrogens (tertiary/aromatic N) is 2. The lowest BCUT2D eigenvalue weighted by molar-refractivity contribution is 0.0921. The third kappa shape index (κ3) is 5.10. The minimum absolute atomic E-state index is 0. The first-order chi connectivity index (χ1) is 10.3. The largest absolute Gasteiger partial charge is 0.492 e. The number of hydrogen-bond acceptors (Lipinski definition) is 4. The molecule has 0 saturated carbocycles. The molecule has 2 aliphatic rings. The quantitative estimate of drug-likeness (QED) is 0.834. The van der Waals surface area contributed by atoms with E-state index in [1.807, 2.05) is 24.3 Å². The fourth-order valence-electron chi connectivity index (χ4n) is 3.15. The molecule has 0 bridgehead atoms. The van der Waals surface area contributed by atoms with Gasteiger partial charge in [-0.1, -0.05) is 22.0 Å². The van der Waals surface area contributed by atoms with Crippen molar-refractivity contribution in [1.29, 1.82) is 0 Å². The van der Waals surface area contributed by atoms with E-state index in [4.69, 9.17) is 4.74 Å².